The van der Waals surface area contributed by atoms with E-state index in [0.29, 0.717) is 18.7 Å². The van der Waals surface area contributed by atoms with Crippen LogP contribution < -0.4 is 0 Å². The van der Waals surface area contributed by atoms with Crippen molar-refractivity contribution in [1.82, 2.24) is 9.88 Å². The van der Waals surface area contributed by atoms with Crippen LogP contribution in [0.5, 0.6) is 0 Å². The van der Waals surface area contributed by atoms with Crippen LogP contribution in [0.3, 0.4) is 0 Å². The smallest absolute Gasteiger partial charge is 0.407 e. The molecule has 0 radical (unpaired) electrons. The molecule has 1 aliphatic heterocycles. The van der Waals surface area contributed by atoms with Gasteiger partial charge in [0.1, 0.15) is 0 Å². The summed E-state index contributed by atoms with van der Waals surface area (Å²) in [5.74, 6) is -0.242. The average Bonchev–Trinajstić information content (AvgIpc) is 2.39. The molecule has 2 rings (SSSR count). The molecule has 5 nitrogen and oxygen atoms in total. The maximum Gasteiger partial charge on any atom is 0.407 e. The number of aromatic nitrogens is 1. The minimum Gasteiger partial charge on any atom is -0.465 e. The van der Waals surface area contributed by atoms with Gasteiger partial charge in [0.25, 0.3) is 0 Å². The molecule has 1 aromatic rings. The van der Waals surface area contributed by atoms with Crippen LogP contribution in [0.25, 0.3) is 0 Å². The summed E-state index contributed by atoms with van der Waals surface area (Å²) in [5, 5.41) is 8.91. The van der Waals surface area contributed by atoms with E-state index in [4.69, 9.17) is 5.11 Å². The molecule has 0 bridgehead atoms. The number of nitrogens with zero attached hydrogens (tertiary/aromatic N) is 2. The van der Waals surface area contributed by atoms with E-state index in [9.17, 15) is 9.59 Å². The predicted octanol–water partition coefficient (Wildman–Crippen LogP) is 1.65. The third-order valence-electron chi connectivity index (χ3n) is 3.01. The molecule has 1 aromatic heterocycles. The van der Waals surface area contributed by atoms with E-state index >= 15 is 0 Å². The highest BCUT2D eigenvalue weighted by Crippen LogP contribution is 2.20. The van der Waals surface area contributed by atoms with Crippen LogP contribution in [0.15, 0.2) is 24.5 Å². The van der Waals surface area contributed by atoms with Crippen molar-refractivity contribution in [1.29, 1.82) is 0 Å². The van der Waals surface area contributed by atoms with E-state index in [1.807, 2.05) is 0 Å². The fourth-order valence-electron chi connectivity index (χ4n) is 2.11. The summed E-state index contributed by atoms with van der Waals surface area (Å²) in [6, 6.07) is 3.43. The number of pyridine rings is 1. The number of carboxylic acid groups (broad SMARTS) is 1. The fourth-order valence-corrected chi connectivity index (χ4v) is 2.11. The number of piperidine rings is 1. The summed E-state index contributed by atoms with van der Waals surface area (Å²) in [6.07, 6.45) is 3.68. The Hall–Kier alpha value is -1.91. The largest absolute Gasteiger partial charge is 0.465 e. The molecule has 1 atom stereocenters. The molecule has 1 fully saturated rings. The van der Waals surface area contributed by atoms with Gasteiger partial charge in [0.05, 0.1) is 0 Å². The number of likely N-dealkylation sites (tertiary alicyclic amines) is 1. The first-order valence-electron chi connectivity index (χ1n) is 5.60. The molecular weight excluding hydrogens is 220 g/mol. The fraction of sp³-hybridized carbons (Fsp3) is 0.417. The van der Waals surface area contributed by atoms with E-state index in [2.05, 4.69) is 4.98 Å². The van der Waals surface area contributed by atoms with Crippen molar-refractivity contribution in [3.63, 3.8) is 0 Å². The van der Waals surface area contributed by atoms with E-state index in [1.165, 1.54) is 11.1 Å². The second-order valence-electron chi connectivity index (χ2n) is 4.17. The van der Waals surface area contributed by atoms with Gasteiger partial charge in [0, 0.05) is 37.0 Å². The van der Waals surface area contributed by atoms with Crippen molar-refractivity contribution in [2.75, 3.05) is 13.1 Å². The number of rotatable bonds is 2. The molecule has 1 amide bonds. The molecule has 1 aliphatic rings. The quantitative estimate of drug-likeness (QED) is 0.790. The highest BCUT2D eigenvalue weighted by molar-refractivity contribution is 5.97. The number of hydrogen-bond donors (Lipinski definition) is 1. The lowest BCUT2D eigenvalue weighted by atomic mass is 9.91. The molecule has 0 saturated carbocycles. The molecule has 5 heteroatoms. The Balaban J connectivity index is 2.07. The Kier molecular flexibility index (Phi) is 3.37. The summed E-state index contributed by atoms with van der Waals surface area (Å²) in [4.78, 5) is 28.2. The molecule has 1 unspecified atom stereocenters. The van der Waals surface area contributed by atoms with Crippen molar-refractivity contribution in [2.45, 2.75) is 12.8 Å². The number of ketones is 1. The van der Waals surface area contributed by atoms with Gasteiger partial charge in [0.15, 0.2) is 5.78 Å². The van der Waals surface area contributed by atoms with Gasteiger partial charge in [-0.05, 0) is 25.0 Å². The Labute approximate surface area is 99.1 Å². The second kappa shape index (κ2) is 4.95. The molecule has 0 spiro atoms. The normalized spacial score (nSPS) is 20.0. The minimum absolute atomic E-state index is 0.0101. The highest BCUT2D eigenvalue weighted by Gasteiger charge is 2.28. The number of carbonyl (C=O) groups is 2. The molecule has 0 aromatic carbocycles. The number of Topliss-reactive ketones (excluding diaryl/α,β-unsaturated/α-hetero) is 1. The Morgan fingerprint density at radius 2 is 2.29 bits per heavy atom. The van der Waals surface area contributed by atoms with Crippen LogP contribution in [-0.2, 0) is 0 Å². The van der Waals surface area contributed by atoms with Crippen molar-refractivity contribution in [3.8, 4) is 0 Å². The second-order valence-corrected chi connectivity index (χ2v) is 4.17. The molecule has 90 valence electrons. The molecular formula is C12H14N2O3. The first kappa shape index (κ1) is 11.6. The third-order valence-corrected chi connectivity index (χ3v) is 3.01. The van der Waals surface area contributed by atoms with Crippen LogP contribution in [0.2, 0.25) is 0 Å². The SMILES string of the molecule is O=C(c1cccnc1)C1CCCN(C(=O)O)C1. The van der Waals surface area contributed by atoms with E-state index in [-0.39, 0.29) is 11.7 Å². The summed E-state index contributed by atoms with van der Waals surface area (Å²) in [5.41, 5.74) is 0.560. The topological polar surface area (TPSA) is 70.5 Å². The Morgan fingerprint density at radius 1 is 1.47 bits per heavy atom. The zero-order valence-electron chi connectivity index (χ0n) is 9.37. The van der Waals surface area contributed by atoms with Gasteiger partial charge in [-0.1, -0.05) is 0 Å². The zero-order chi connectivity index (χ0) is 12.3. The summed E-state index contributed by atoms with van der Waals surface area (Å²) >= 11 is 0. The van der Waals surface area contributed by atoms with Gasteiger partial charge in [-0.15, -0.1) is 0 Å². The Morgan fingerprint density at radius 3 is 2.94 bits per heavy atom. The lowest BCUT2D eigenvalue weighted by molar-refractivity contribution is 0.0806. The van der Waals surface area contributed by atoms with Crippen molar-refractivity contribution in [2.24, 2.45) is 5.92 Å². The first-order valence-corrected chi connectivity index (χ1v) is 5.60. The van der Waals surface area contributed by atoms with Crippen LogP contribution in [0.1, 0.15) is 23.2 Å². The molecule has 2 heterocycles. The van der Waals surface area contributed by atoms with Crippen molar-refractivity contribution < 1.29 is 14.7 Å². The molecule has 17 heavy (non-hydrogen) atoms. The maximum absolute atomic E-state index is 12.1. The Bertz CT molecular complexity index is 419. The molecule has 0 aliphatic carbocycles. The monoisotopic (exact) mass is 234 g/mol. The van der Waals surface area contributed by atoms with E-state index in [0.717, 1.165) is 12.8 Å². The predicted molar refractivity (Wildman–Crippen MR) is 60.9 cm³/mol. The van der Waals surface area contributed by atoms with E-state index in [1.54, 1.807) is 18.3 Å². The first-order chi connectivity index (χ1) is 8.18. The van der Waals surface area contributed by atoms with Gasteiger partial charge in [-0.25, -0.2) is 4.79 Å². The van der Waals surface area contributed by atoms with Crippen LogP contribution in [0.4, 0.5) is 4.79 Å². The van der Waals surface area contributed by atoms with Crippen molar-refractivity contribution in [3.05, 3.63) is 30.1 Å². The van der Waals surface area contributed by atoms with Gasteiger partial charge in [-0.2, -0.15) is 0 Å². The van der Waals surface area contributed by atoms with Gasteiger partial charge >= 0.3 is 6.09 Å². The lowest BCUT2D eigenvalue weighted by Crippen LogP contribution is -2.41. The standard InChI is InChI=1S/C12H14N2O3/c15-11(9-3-1-5-13-7-9)10-4-2-6-14(8-10)12(16)17/h1,3,5,7,10H,2,4,6,8H2,(H,16,17). The van der Waals surface area contributed by atoms with Crippen LogP contribution >= 0.6 is 0 Å². The summed E-state index contributed by atoms with van der Waals surface area (Å²) in [7, 11) is 0. The van der Waals surface area contributed by atoms with Crippen molar-refractivity contribution >= 4 is 11.9 Å². The zero-order valence-corrected chi connectivity index (χ0v) is 9.37. The summed E-state index contributed by atoms with van der Waals surface area (Å²) < 4.78 is 0. The van der Waals surface area contributed by atoms with Gasteiger partial charge in [-0.3, -0.25) is 9.78 Å². The van der Waals surface area contributed by atoms with E-state index < -0.39 is 6.09 Å². The third kappa shape index (κ3) is 2.61. The lowest BCUT2D eigenvalue weighted by Gasteiger charge is -2.29. The maximum atomic E-state index is 12.1. The minimum atomic E-state index is -0.950. The highest BCUT2D eigenvalue weighted by atomic mass is 16.4. The van der Waals surface area contributed by atoms with Crippen LogP contribution in [0, 0.1) is 5.92 Å². The number of carbonyl (C=O) groups excluding carboxylic acids is 1. The van der Waals surface area contributed by atoms with Gasteiger partial charge < -0.3 is 10.0 Å². The molecule has 1 saturated heterocycles. The number of amides is 1. The van der Waals surface area contributed by atoms with Gasteiger partial charge in [0.2, 0.25) is 0 Å². The number of hydrogen-bond acceptors (Lipinski definition) is 3. The average molecular weight is 234 g/mol. The van der Waals surface area contributed by atoms with Crippen LogP contribution in [-0.4, -0.2) is 40.0 Å². The molecule has 1 N–H and O–H groups in total. The summed E-state index contributed by atoms with van der Waals surface area (Å²) in [6.45, 7) is 0.815.